The van der Waals surface area contributed by atoms with Crippen LogP contribution in [-0.2, 0) is 11.3 Å². The maximum Gasteiger partial charge on any atom is 0.406 e. The van der Waals surface area contributed by atoms with Crippen LogP contribution in [0.25, 0.3) is 0 Å². The predicted octanol–water partition coefficient (Wildman–Crippen LogP) is 4.26. The number of benzene rings is 1. The Hall–Kier alpha value is -1.02. The Balaban J connectivity index is 3.06. The van der Waals surface area contributed by atoms with Gasteiger partial charge in [0, 0.05) is 11.0 Å². The van der Waals surface area contributed by atoms with Crippen LogP contribution < -0.4 is 4.74 Å². The van der Waals surface area contributed by atoms with Gasteiger partial charge in [0.05, 0.1) is 11.6 Å². The summed E-state index contributed by atoms with van der Waals surface area (Å²) in [5.74, 6) is -0.327. The molecule has 0 atom stereocenters. The van der Waals surface area contributed by atoms with E-state index in [1.807, 2.05) is 0 Å². The van der Waals surface area contributed by atoms with Crippen molar-refractivity contribution in [1.29, 1.82) is 0 Å². The second-order valence-corrected chi connectivity index (χ2v) is 5.95. The number of nitrogens with zero attached hydrogens (tertiary/aromatic N) is 1. The van der Waals surface area contributed by atoms with Crippen LogP contribution in [0.4, 0.5) is 13.2 Å². The average molecular weight is 431 g/mol. The number of amides is 1. The van der Waals surface area contributed by atoms with E-state index in [2.05, 4.69) is 38.4 Å². The normalized spacial score (nSPS) is 11.1. The minimum Gasteiger partial charge on any atom is -0.497 e. The summed E-state index contributed by atoms with van der Waals surface area (Å²) in [5.41, 5.74) is 0.501. The van der Waals surface area contributed by atoms with Crippen molar-refractivity contribution >= 4 is 37.8 Å². The van der Waals surface area contributed by atoms with Crippen molar-refractivity contribution in [2.24, 2.45) is 0 Å². The van der Waals surface area contributed by atoms with E-state index in [0.717, 1.165) is 0 Å². The Kier molecular flexibility index (Phi) is 6.27. The van der Waals surface area contributed by atoms with Crippen molar-refractivity contribution in [3.05, 3.63) is 39.3 Å². The molecule has 116 valence electrons. The molecule has 0 radical (unpaired) electrons. The summed E-state index contributed by atoms with van der Waals surface area (Å²) in [6.07, 6.45) is -4.50. The number of carbonyl (C=O) groups excluding carboxylic acids is 1. The molecule has 1 rings (SSSR count). The van der Waals surface area contributed by atoms with Crippen molar-refractivity contribution in [1.82, 2.24) is 4.90 Å². The second kappa shape index (κ2) is 7.31. The zero-order valence-corrected chi connectivity index (χ0v) is 14.2. The number of rotatable bonds is 5. The molecule has 0 aromatic heterocycles. The molecular formula is C13H12Br2F3NO2. The van der Waals surface area contributed by atoms with Gasteiger partial charge in [0.25, 0.3) is 5.91 Å². The molecule has 0 heterocycles. The first kappa shape index (κ1) is 18.0. The van der Waals surface area contributed by atoms with Gasteiger partial charge in [-0.15, -0.1) is 0 Å². The third-order valence-corrected chi connectivity index (χ3v) is 3.62. The van der Waals surface area contributed by atoms with E-state index in [-0.39, 0.29) is 11.0 Å². The first-order valence-corrected chi connectivity index (χ1v) is 7.25. The third-order valence-electron chi connectivity index (χ3n) is 2.50. The maximum atomic E-state index is 12.6. The monoisotopic (exact) mass is 429 g/mol. The van der Waals surface area contributed by atoms with Crippen LogP contribution in [0.1, 0.15) is 5.56 Å². The predicted molar refractivity (Wildman–Crippen MR) is 80.2 cm³/mol. The number of halogens is 5. The van der Waals surface area contributed by atoms with Gasteiger partial charge in [-0.3, -0.25) is 4.79 Å². The van der Waals surface area contributed by atoms with Gasteiger partial charge in [-0.1, -0.05) is 22.5 Å². The van der Waals surface area contributed by atoms with Gasteiger partial charge in [0.15, 0.2) is 0 Å². The molecule has 1 aromatic carbocycles. The first-order valence-electron chi connectivity index (χ1n) is 5.67. The number of methoxy groups -OCH3 is 1. The van der Waals surface area contributed by atoms with Crippen LogP contribution in [-0.4, -0.2) is 30.6 Å². The van der Waals surface area contributed by atoms with Crippen molar-refractivity contribution in [3.8, 4) is 5.75 Å². The van der Waals surface area contributed by atoms with Gasteiger partial charge in [-0.05, 0) is 39.7 Å². The molecular weight excluding hydrogens is 419 g/mol. The summed E-state index contributed by atoms with van der Waals surface area (Å²) in [7, 11) is 1.45. The SMILES string of the molecule is C=C(Br)C(=O)N(Cc1cc(OC)ccc1Br)CC(F)(F)F. The number of ether oxygens (including phenoxy) is 1. The van der Waals surface area contributed by atoms with E-state index in [1.165, 1.54) is 7.11 Å². The van der Waals surface area contributed by atoms with Crippen LogP contribution in [0.5, 0.6) is 5.75 Å². The Morgan fingerprint density at radius 1 is 1.43 bits per heavy atom. The number of carbonyl (C=O) groups is 1. The fourth-order valence-electron chi connectivity index (χ4n) is 1.59. The van der Waals surface area contributed by atoms with Gasteiger partial charge in [-0.2, -0.15) is 13.2 Å². The summed E-state index contributed by atoms with van der Waals surface area (Å²) in [6.45, 7) is 1.74. The molecule has 1 aromatic rings. The van der Waals surface area contributed by atoms with E-state index in [4.69, 9.17) is 4.74 Å². The Bertz CT molecular complexity index is 547. The Morgan fingerprint density at radius 3 is 2.52 bits per heavy atom. The molecule has 1 amide bonds. The van der Waals surface area contributed by atoms with Gasteiger partial charge >= 0.3 is 6.18 Å². The second-order valence-electron chi connectivity index (χ2n) is 4.14. The standard InChI is InChI=1S/C13H12Br2F3NO2/c1-8(14)12(20)19(7-13(16,17)18)6-9-5-10(21-2)3-4-11(9)15/h3-5H,1,6-7H2,2H3. The van der Waals surface area contributed by atoms with E-state index < -0.39 is 18.6 Å². The minimum atomic E-state index is -4.50. The topological polar surface area (TPSA) is 29.5 Å². The highest BCUT2D eigenvalue weighted by molar-refractivity contribution is 9.12. The largest absolute Gasteiger partial charge is 0.497 e. The highest BCUT2D eigenvalue weighted by atomic mass is 79.9. The molecule has 0 aliphatic heterocycles. The lowest BCUT2D eigenvalue weighted by molar-refractivity contribution is -0.159. The third kappa shape index (κ3) is 5.70. The molecule has 21 heavy (non-hydrogen) atoms. The van der Waals surface area contributed by atoms with Crippen LogP contribution in [0, 0.1) is 0 Å². The number of hydrogen-bond acceptors (Lipinski definition) is 2. The first-order chi connectivity index (χ1) is 9.64. The number of hydrogen-bond donors (Lipinski definition) is 0. The van der Waals surface area contributed by atoms with Crippen molar-refractivity contribution in [3.63, 3.8) is 0 Å². The molecule has 0 fully saturated rings. The van der Waals surface area contributed by atoms with E-state index in [0.29, 0.717) is 20.7 Å². The lowest BCUT2D eigenvalue weighted by Crippen LogP contribution is -2.38. The van der Waals surface area contributed by atoms with Crippen LogP contribution in [0.15, 0.2) is 33.7 Å². The van der Waals surface area contributed by atoms with Crippen molar-refractivity contribution in [2.45, 2.75) is 12.7 Å². The van der Waals surface area contributed by atoms with Gasteiger partial charge in [-0.25, -0.2) is 0 Å². The maximum absolute atomic E-state index is 12.6. The summed E-state index contributed by atoms with van der Waals surface area (Å²) < 4.78 is 43.3. The molecule has 0 unspecified atom stereocenters. The van der Waals surface area contributed by atoms with E-state index in [9.17, 15) is 18.0 Å². The lowest BCUT2D eigenvalue weighted by Gasteiger charge is -2.24. The van der Waals surface area contributed by atoms with Crippen LogP contribution in [0.3, 0.4) is 0 Å². The lowest BCUT2D eigenvalue weighted by atomic mass is 10.2. The minimum absolute atomic E-state index is 0.134. The molecule has 0 N–H and O–H groups in total. The van der Waals surface area contributed by atoms with Gasteiger partial charge < -0.3 is 9.64 Å². The molecule has 0 saturated carbocycles. The zero-order valence-electron chi connectivity index (χ0n) is 11.0. The molecule has 0 bridgehead atoms. The summed E-state index contributed by atoms with van der Waals surface area (Å²) in [4.78, 5) is 12.5. The smallest absolute Gasteiger partial charge is 0.406 e. The molecule has 0 saturated heterocycles. The highest BCUT2D eigenvalue weighted by Gasteiger charge is 2.33. The Labute approximate surface area is 137 Å². The molecule has 0 aliphatic carbocycles. The summed E-state index contributed by atoms with van der Waals surface area (Å²) in [6, 6.07) is 4.87. The van der Waals surface area contributed by atoms with Gasteiger partial charge in [0.2, 0.25) is 0 Å². The fourth-order valence-corrected chi connectivity index (χ4v) is 2.22. The fraction of sp³-hybridized carbons (Fsp3) is 0.308. The van der Waals surface area contributed by atoms with Crippen LogP contribution in [0.2, 0.25) is 0 Å². The van der Waals surface area contributed by atoms with E-state index in [1.54, 1.807) is 18.2 Å². The summed E-state index contributed by atoms with van der Waals surface area (Å²) in [5, 5.41) is 0. The van der Waals surface area contributed by atoms with Crippen LogP contribution >= 0.6 is 31.9 Å². The number of alkyl halides is 3. The highest BCUT2D eigenvalue weighted by Crippen LogP contribution is 2.26. The zero-order chi connectivity index (χ0) is 16.2. The molecule has 0 aliphatic rings. The molecule has 3 nitrogen and oxygen atoms in total. The van der Waals surface area contributed by atoms with Crippen molar-refractivity contribution in [2.75, 3.05) is 13.7 Å². The summed E-state index contributed by atoms with van der Waals surface area (Å²) >= 11 is 6.06. The van der Waals surface area contributed by atoms with Gasteiger partial charge in [0.1, 0.15) is 12.3 Å². The molecule has 8 heteroatoms. The average Bonchev–Trinajstić information content (AvgIpc) is 2.37. The Morgan fingerprint density at radius 2 is 2.05 bits per heavy atom. The molecule has 0 spiro atoms. The van der Waals surface area contributed by atoms with E-state index >= 15 is 0 Å². The van der Waals surface area contributed by atoms with Crippen molar-refractivity contribution < 1.29 is 22.7 Å². The quantitative estimate of drug-likeness (QED) is 0.653.